The lowest BCUT2D eigenvalue weighted by Gasteiger charge is -2.00. The predicted octanol–water partition coefficient (Wildman–Crippen LogP) is 2.83. The van der Waals surface area contributed by atoms with Gasteiger partial charge in [-0.2, -0.15) is 0 Å². The topological polar surface area (TPSA) is 23.9 Å². The molecule has 0 saturated heterocycles. The average Bonchev–Trinajstić information content (AvgIpc) is 2.06. The van der Waals surface area contributed by atoms with Crippen LogP contribution in [-0.2, 0) is 12.8 Å². The van der Waals surface area contributed by atoms with Crippen LogP contribution in [0.5, 0.6) is 0 Å². The monoisotopic (exact) mass is 161 g/mol. The van der Waals surface area contributed by atoms with Gasteiger partial charge in [-0.15, -0.1) is 0 Å². The predicted molar refractivity (Wildman–Crippen MR) is 52.9 cm³/mol. The standard InChI is InChI=1S/C11H15N/c1-2-4-10-5-3-6-11(9-10)7-8-12/h3,5-6,8-9,12H,2,4,7H2,1H3. The molecule has 1 aromatic rings. The maximum atomic E-state index is 6.99. The van der Waals surface area contributed by atoms with Crippen molar-refractivity contribution in [3.8, 4) is 0 Å². The van der Waals surface area contributed by atoms with Gasteiger partial charge in [0, 0.05) is 6.42 Å². The van der Waals surface area contributed by atoms with Crippen LogP contribution < -0.4 is 0 Å². The van der Waals surface area contributed by atoms with Crippen molar-refractivity contribution in [3.63, 3.8) is 0 Å². The normalized spacial score (nSPS) is 9.75. The van der Waals surface area contributed by atoms with Crippen molar-refractivity contribution in [1.29, 1.82) is 5.41 Å². The summed E-state index contributed by atoms with van der Waals surface area (Å²) >= 11 is 0. The molecule has 12 heavy (non-hydrogen) atoms. The molecule has 0 bridgehead atoms. The van der Waals surface area contributed by atoms with Gasteiger partial charge in [-0.3, -0.25) is 0 Å². The lowest BCUT2D eigenvalue weighted by molar-refractivity contribution is 0.919. The molecule has 0 fully saturated rings. The first kappa shape index (κ1) is 8.98. The summed E-state index contributed by atoms with van der Waals surface area (Å²) in [5.74, 6) is 0. The molecule has 0 spiro atoms. The van der Waals surface area contributed by atoms with Crippen LogP contribution in [0, 0.1) is 5.41 Å². The molecule has 1 nitrogen and oxygen atoms in total. The zero-order chi connectivity index (χ0) is 8.81. The average molecular weight is 161 g/mol. The van der Waals surface area contributed by atoms with Crippen LogP contribution in [0.2, 0.25) is 0 Å². The fourth-order valence-corrected chi connectivity index (χ4v) is 1.32. The highest BCUT2D eigenvalue weighted by molar-refractivity contribution is 5.57. The summed E-state index contributed by atoms with van der Waals surface area (Å²) in [6.45, 7) is 2.18. The summed E-state index contributed by atoms with van der Waals surface area (Å²) < 4.78 is 0. The Bertz CT molecular complexity index is 253. The van der Waals surface area contributed by atoms with Crippen LogP contribution >= 0.6 is 0 Å². The van der Waals surface area contributed by atoms with Crippen molar-refractivity contribution in [2.45, 2.75) is 26.2 Å². The molecular formula is C11H15N. The van der Waals surface area contributed by atoms with Gasteiger partial charge >= 0.3 is 0 Å². The Balaban J connectivity index is 2.73. The molecule has 0 atom stereocenters. The quantitative estimate of drug-likeness (QED) is 0.656. The first-order valence-corrected chi connectivity index (χ1v) is 4.43. The van der Waals surface area contributed by atoms with Gasteiger partial charge in [-0.05, 0) is 23.8 Å². The van der Waals surface area contributed by atoms with Gasteiger partial charge < -0.3 is 5.41 Å². The van der Waals surface area contributed by atoms with Crippen LogP contribution in [0.1, 0.15) is 24.5 Å². The Hall–Kier alpha value is -1.11. The molecule has 0 aromatic heterocycles. The van der Waals surface area contributed by atoms with E-state index in [1.54, 1.807) is 0 Å². The van der Waals surface area contributed by atoms with Gasteiger partial charge in [0.05, 0.1) is 0 Å². The van der Waals surface area contributed by atoms with Crippen molar-refractivity contribution >= 4 is 6.21 Å². The number of hydrogen-bond donors (Lipinski definition) is 1. The van der Waals surface area contributed by atoms with E-state index in [2.05, 4.69) is 31.2 Å². The van der Waals surface area contributed by atoms with E-state index in [0.29, 0.717) is 0 Å². The van der Waals surface area contributed by atoms with Gasteiger partial charge in [0.2, 0.25) is 0 Å². The molecule has 0 heterocycles. The summed E-state index contributed by atoms with van der Waals surface area (Å²) in [6.07, 6.45) is 4.54. The van der Waals surface area contributed by atoms with Gasteiger partial charge in [-0.1, -0.05) is 37.6 Å². The molecule has 64 valence electrons. The van der Waals surface area contributed by atoms with E-state index in [-0.39, 0.29) is 0 Å². The fraction of sp³-hybridized carbons (Fsp3) is 0.364. The first-order chi connectivity index (χ1) is 5.86. The van der Waals surface area contributed by atoms with Crippen LogP contribution in [0.25, 0.3) is 0 Å². The van der Waals surface area contributed by atoms with E-state index in [1.165, 1.54) is 23.8 Å². The second-order valence-electron chi connectivity index (χ2n) is 2.98. The maximum Gasteiger partial charge on any atom is 0.00715 e. The molecule has 0 aliphatic carbocycles. The fourth-order valence-electron chi connectivity index (χ4n) is 1.32. The number of rotatable bonds is 4. The molecular weight excluding hydrogens is 146 g/mol. The van der Waals surface area contributed by atoms with Crippen LogP contribution in [0.15, 0.2) is 24.3 Å². The molecule has 0 amide bonds. The second kappa shape index (κ2) is 4.70. The SMILES string of the molecule is CCCc1cccc(CC=N)c1. The van der Waals surface area contributed by atoms with Gasteiger partial charge in [0.15, 0.2) is 0 Å². The minimum absolute atomic E-state index is 0.761. The Morgan fingerprint density at radius 3 is 2.75 bits per heavy atom. The summed E-state index contributed by atoms with van der Waals surface area (Å²) in [6, 6.07) is 8.49. The lowest BCUT2D eigenvalue weighted by Crippen LogP contribution is -1.88. The highest BCUT2D eigenvalue weighted by Crippen LogP contribution is 2.07. The lowest BCUT2D eigenvalue weighted by atomic mass is 10.1. The van der Waals surface area contributed by atoms with E-state index in [4.69, 9.17) is 5.41 Å². The summed E-state index contributed by atoms with van der Waals surface area (Å²) in [5, 5.41) is 6.99. The van der Waals surface area contributed by atoms with Crippen molar-refractivity contribution in [2.24, 2.45) is 0 Å². The Morgan fingerprint density at radius 1 is 1.33 bits per heavy atom. The van der Waals surface area contributed by atoms with Gasteiger partial charge in [0.25, 0.3) is 0 Å². The molecule has 0 unspecified atom stereocenters. The van der Waals surface area contributed by atoms with Crippen LogP contribution in [-0.4, -0.2) is 6.21 Å². The maximum absolute atomic E-state index is 6.99. The van der Waals surface area contributed by atoms with E-state index in [9.17, 15) is 0 Å². The van der Waals surface area contributed by atoms with Crippen LogP contribution in [0.4, 0.5) is 0 Å². The Kier molecular flexibility index (Phi) is 3.52. The number of hydrogen-bond acceptors (Lipinski definition) is 1. The van der Waals surface area contributed by atoms with E-state index < -0.39 is 0 Å². The molecule has 0 saturated carbocycles. The van der Waals surface area contributed by atoms with E-state index in [0.717, 1.165) is 12.8 Å². The third-order valence-corrected chi connectivity index (χ3v) is 1.87. The number of nitrogens with one attached hydrogen (secondary N) is 1. The number of benzene rings is 1. The first-order valence-electron chi connectivity index (χ1n) is 4.43. The van der Waals surface area contributed by atoms with E-state index in [1.807, 2.05) is 0 Å². The minimum atomic E-state index is 0.761. The minimum Gasteiger partial charge on any atom is -0.313 e. The summed E-state index contributed by atoms with van der Waals surface area (Å²) in [5.41, 5.74) is 2.63. The van der Waals surface area contributed by atoms with Crippen molar-refractivity contribution in [3.05, 3.63) is 35.4 Å². The third-order valence-electron chi connectivity index (χ3n) is 1.87. The molecule has 1 aromatic carbocycles. The van der Waals surface area contributed by atoms with Crippen molar-refractivity contribution < 1.29 is 0 Å². The molecule has 1 heteroatoms. The highest BCUT2D eigenvalue weighted by atomic mass is 14.3. The Morgan fingerprint density at radius 2 is 2.08 bits per heavy atom. The second-order valence-corrected chi connectivity index (χ2v) is 2.98. The molecule has 1 rings (SSSR count). The van der Waals surface area contributed by atoms with Crippen LogP contribution in [0.3, 0.4) is 0 Å². The summed E-state index contributed by atoms with van der Waals surface area (Å²) in [7, 11) is 0. The highest BCUT2D eigenvalue weighted by Gasteiger charge is 1.92. The van der Waals surface area contributed by atoms with Gasteiger partial charge in [-0.25, -0.2) is 0 Å². The zero-order valence-electron chi connectivity index (χ0n) is 7.51. The summed E-state index contributed by atoms with van der Waals surface area (Å²) in [4.78, 5) is 0. The van der Waals surface area contributed by atoms with Crippen molar-refractivity contribution in [2.75, 3.05) is 0 Å². The largest absolute Gasteiger partial charge is 0.313 e. The zero-order valence-corrected chi connectivity index (χ0v) is 7.51. The van der Waals surface area contributed by atoms with Crippen molar-refractivity contribution in [1.82, 2.24) is 0 Å². The Labute approximate surface area is 73.9 Å². The third kappa shape index (κ3) is 2.50. The van der Waals surface area contributed by atoms with Gasteiger partial charge in [0.1, 0.15) is 0 Å². The molecule has 1 N–H and O–H groups in total. The molecule has 0 aliphatic heterocycles. The van der Waals surface area contributed by atoms with E-state index >= 15 is 0 Å². The molecule has 0 radical (unpaired) electrons. The molecule has 0 aliphatic rings. The number of aryl methyl sites for hydroxylation is 1. The smallest absolute Gasteiger partial charge is 0.00715 e.